The van der Waals surface area contributed by atoms with Crippen LogP contribution in [0.5, 0.6) is 5.75 Å². The van der Waals surface area contributed by atoms with Gasteiger partial charge in [-0.15, -0.1) is 0 Å². The van der Waals surface area contributed by atoms with Gasteiger partial charge < -0.3 is 15.0 Å². The molecule has 0 unspecified atom stereocenters. The summed E-state index contributed by atoms with van der Waals surface area (Å²) >= 11 is 0. The van der Waals surface area contributed by atoms with Gasteiger partial charge in [0.1, 0.15) is 5.69 Å². The Kier molecular flexibility index (Phi) is 6.99. The Hall–Kier alpha value is -4.77. The van der Waals surface area contributed by atoms with Crippen molar-refractivity contribution in [3.05, 3.63) is 101 Å². The van der Waals surface area contributed by atoms with Crippen molar-refractivity contribution in [2.75, 3.05) is 11.4 Å². The second-order valence-corrected chi connectivity index (χ2v) is 11.0. The number of anilines is 2. The number of hydrogen-bond acceptors (Lipinski definition) is 7. The van der Waals surface area contributed by atoms with Gasteiger partial charge in [-0.3, -0.25) is 9.48 Å². The highest BCUT2D eigenvalue weighted by Gasteiger charge is 2.32. The van der Waals surface area contributed by atoms with E-state index >= 15 is 0 Å². The maximum Gasteiger partial charge on any atom is 0.271 e. The predicted molar refractivity (Wildman–Crippen MR) is 150 cm³/mol. The number of nitrogens with zero attached hydrogens (tertiary/aromatic N) is 4. The van der Waals surface area contributed by atoms with Gasteiger partial charge in [0.2, 0.25) is 15.8 Å². The number of aromatic hydroxyl groups is 1. The number of nitrogens with one attached hydrogen (secondary N) is 1. The monoisotopic (exact) mass is 559 g/mol. The lowest BCUT2D eigenvalue weighted by atomic mass is 10.0. The highest BCUT2D eigenvalue weighted by atomic mass is 32.2. The van der Waals surface area contributed by atoms with E-state index in [0.29, 0.717) is 34.5 Å². The van der Waals surface area contributed by atoms with Crippen LogP contribution in [-0.2, 0) is 16.9 Å². The molecule has 9 nitrogen and oxygen atoms in total. The molecule has 0 aliphatic rings. The van der Waals surface area contributed by atoms with E-state index in [1.54, 1.807) is 31.1 Å². The van der Waals surface area contributed by atoms with Crippen molar-refractivity contribution in [3.63, 3.8) is 0 Å². The van der Waals surface area contributed by atoms with Crippen LogP contribution in [0.4, 0.5) is 15.8 Å². The number of aromatic nitrogens is 4. The van der Waals surface area contributed by atoms with Crippen molar-refractivity contribution >= 4 is 21.2 Å². The van der Waals surface area contributed by atoms with Crippen molar-refractivity contribution in [1.29, 1.82) is 0 Å². The van der Waals surface area contributed by atoms with E-state index in [4.69, 9.17) is 0 Å². The van der Waals surface area contributed by atoms with Gasteiger partial charge in [-0.2, -0.15) is 9.49 Å². The summed E-state index contributed by atoms with van der Waals surface area (Å²) in [6.45, 7) is 3.78. The molecule has 0 aliphatic carbocycles. The van der Waals surface area contributed by atoms with Crippen LogP contribution in [0, 0.1) is 12.9 Å². The summed E-state index contributed by atoms with van der Waals surface area (Å²) < 4.78 is 43.1. The van der Waals surface area contributed by atoms with Crippen LogP contribution in [-0.4, -0.2) is 39.8 Å². The third-order valence-corrected chi connectivity index (χ3v) is 8.46. The highest BCUT2D eigenvalue weighted by molar-refractivity contribution is 7.91. The van der Waals surface area contributed by atoms with Gasteiger partial charge >= 0.3 is 0 Å². The Bertz CT molecular complexity index is 1870. The van der Waals surface area contributed by atoms with Gasteiger partial charge in [0, 0.05) is 42.8 Å². The summed E-state index contributed by atoms with van der Waals surface area (Å²) in [5.41, 5.74) is 2.01. The molecule has 0 fully saturated rings. The van der Waals surface area contributed by atoms with E-state index in [1.807, 2.05) is 37.3 Å². The molecule has 0 aliphatic heterocycles. The Morgan fingerprint density at radius 1 is 1.05 bits per heavy atom. The van der Waals surface area contributed by atoms with Gasteiger partial charge in [0.05, 0.1) is 16.8 Å². The fourth-order valence-electron chi connectivity index (χ4n) is 4.67. The van der Waals surface area contributed by atoms with Gasteiger partial charge in [-0.05, 0) is 55.3 Å². The van der Waals surface area contributed by atoms with Crippen molar-refractivity contribution in [2.45, 2.75) is 23.6 Å². The maximum absolute atomic E-state index is 14.0. The quantitative estimate of drug-likeness (QED) is 0.270. The fourth-order valence-corrected chi connectivity index (χ4v) is 6.04. The number of pyridine rings is 2. The van der Waals surface area contributed by atoms with E-state index in [1.165, 1.54) is 41.3 Å². The number of H-pyrrole nitrogens is 1. The molecule has 3 aromatic heterocycles. The summed E-state index contributed by atoms with van der Waals surface area (Å²) in [6, 6.07) is 16.4. The smallest absolute Gasteiger partial charge is 0.271 e. The molecule has 11 heteroatoms. The van der Waals surface area contributed by atoms with Crippen LogP contribution in [0.2, 0.25) is 0 Å². The van der Waals surface area contributed by atoms with Crippen LogP contribution < -0.4 is 10.5 Å². The zero-order valence-electron chi connectivity index (χ0n) is 22.0. The molecular formula is C29H26FN5O4S. The first-order valence-corrected chi connectivity index (χ1v) is 13.9. The maximum atomic E-state index is 14.0. The number of sulfone groups is 1. The molecule has 40 heavy (non-hydrogen) atoms. The average molecular weight is 560 g/mol. The zero-order chi connectivity index (χ0) is 28.6. The summed E-state index contributed by atoms with van der Waals surface area (Å²) in [7, 11) is -2.78. The van der Waals surface area contributed by atoms with Gasteiger partial charge in [-0.1, -0.05) is 30.3 Å². The largest absolute Gasteiger partial charge is 0.504 e. The van der Waals surface area contributed by atoms with E-state index in [-0.39, 0.29) is 16.3 Å². The van der Waals surface area contributed by atoms with Gasteiger partial charge in [0.25, 0.3) is 5.56 Å². The first-order chi connectivity index (χ1) is 19.1. The zero-order valence-corrected chi connectivity index (χ0v) is 22.8. The molecular weight excluding hydrogens is 533 g/mol. The summed E-state index contributed by atoms with van der Waals surface area (Å²) in [4.78, 5) is 20.4. The number of para-hydroxylation sites is 1. The third kappa shape index (κ3) is 4.64. The Balaban J connectivity index is 1.69. The molecule has 0 amide bonds. The van der Waals surface area contributed by atoms with E-state index in [0.717, 1.165) is 0 Å². The second kappa shape index (κ2) is 10.4. The third-order valence-electron chi connectivity index (χ3n) is 6.66. The molecule has 3 heterocycles. The number of rotatable bonds is 7. The molecule has 204 valence electrons. The second-order valence-electron chi connectivity index (χ2n) is 9.14. The average Bonchev–Trinajstić information content (AvgIpc) is 3.38. The van der Waals surface area contributed by atoms with Crippen LogP contribution in [0.1, 0.15) is 12.5 Å². The molecule has 0 saturated carbocycles. The lowest BCUT2D eigenvalue weighted by molar-refractivity contribution is 0.456. The van der Waals surface area contributed by atoms with Crippen molar-refractivity contribution in [1.82, 2.24) is 19.7 Å². The normalized spacial score (nSPS) is 11.5. The molecule has 2 N–H and O–H groups in total. The molecule has 2 aromatic carbocycles. The fraction of sp³-hybridized carbons (Fsp3) is 0.138. The Morgan fingerprint density at radius 3 is 2.38 bits per heavy atom. The first kappa shape index (κ1) is 26.8. The molecule has 0 bridgehead atoms. The molecule has 0 saturated heterocycles. The van der Waals surface area contributed by atoms with E-state index < -0.39 is 32.0 Å². The standard InChI is InChI=1S/C29H26FN5O4S/c1-4-35(21-8-6-5-7-9-21)25-24(20-16-32-34(3)17-20)33-29(37)27(26(25)36)40(38,39)22-12-10-19(11-13-22)23-14-15-31-28(30)18(23)2/h5-17H,4H2,1-3H3,(H2,33,36,37). The molecule has 0 radical (unpaired) electrons. The lowest BCUT2D eigenvalue weighted by Gasteiger charge is -2.27. The Labute approximate surface area is 230 Å². The van der Waals surface area contributed by atoms with E-state index in [9.17, 15) is 22.7 Å². The highest BCUT2D eigenvalue weighted by Crippen LogP contribution is 2.43. The summed E-state index contributed by atoms with van der Waals surface area (Å²) in [5, 5.41) is 15.7. The number of aryl methyl sites for hydroxylation is 1. The lowest BCUT2D eigenvalue weighted by Crippen LogP contribution is -2.24. The number of hydrogen-bond donors (Lipinski definition) is 2. The van der Waals surface area contributed by atoms with Crippen molar-refractivity contribution in [2.24, 2.45) is 7.05 Å². The van der Waals surface area contributed by atoms with Crippen LogP contribution in [0.3, 0.4) is 0 Å². The minimum atomic E-state index is -4.49. The van der Waals surface area contributed by atoms with E-state index in [2.05, 4.69) is 15.1 Å². The molecule has 0 atom stereocenters. The minimum absolute atomic E-state index is 0.124. The Morgan fingerprint density at radius 2 is 1.75 bits per heavy atom. The van der Waals surface area contributed by atoms with Gasteiger partial charge in [-0.25, -0.2) is 13.4 Å². The minimum Gasteiger partial charge on any atom is -0.504 e. The van der Waals surface area contributed by atoms with Crippen LogP contribution in [0.25, 0.3) is 22.4 Å². The molecule has 5 rings (SSSR count). The predicted octanol–water partition coefficient (Wildman–Crippen LogP) is 4.98. The SMILES string of the molecule is CCN(c1ccccc1)c1c(-c2cnn(C)c2)[nH]c(=O)c(S(=O)(=O)c2ccc(-c3ccnc(F)c3C)cc2)c1O. The van der Waals surface area contributed by atoms with Crippen molar-refractivity contribution < 1.29 is 17.9 Å². The van der Waals surface area contributed by atoms with Gasteiger partial charge in [0.15, 0.2) is 10.6 Å². The molecule has 0 spiro atoms. The molecule has 5 aromatic rings. The topological polar surface area (TPSA) is 121 Å². The number of halogens is 1. The van der Waals surface area contributed by atoms with Crippen LogP contribution in [0.15, 0.2) is 93.8 Å². The first-order valence-electron chi connectivity index (χ1n) is 12.4. The summed E-state index contributed by atoms with van der Waals surface area (Å²) in [5.74, 6) is -1.30. The number of benzene rings is 2. The van der Waals surface area contributed by atoms with Crippen molar-refractivity contribution in [3.8, 4) is 28.1 Å². The number of aromatic amines is 1. The van der Waals surface area contributed by atoms with Crippen LogP contribution >= 0.6 is 0 Å². The summed E-state index contributed by atoms with van der Waals surface area (Å²) in [6.07, 6.45) is 4.51.